The molecule has 0 unspecified atom stereocenters. The van der Waals surface area contributed by atoms with Crippen molar-refractivity contribution < 1.29 is 0 Å². The lowest BCUT2D eigenvalue weighted by atomic mass is 10.5. The summed E-state index contributed by atoms with van der Waals surface area (Å²) in [5.74, 6) is 0.429. The van der Waals surface area contributed by atoms with Crippen LogP contribution in [0.25, 0.3) is 0 Å². The topological polar surface area (TPSA) is 72.9 Å². The Morgan fingerprint density at radius 1 is 1.53 bits per heavy atom. The highest BCUT2D eigenvalue weighted by Crippen LogP contribution is 2.18. The lowest BCUT2D eigenvalue weighted by Crippen LogP contribution is -2.08. The second-order valence-electron chi connectivity index (χ2n) is 3.36. The molecule has 2 rings (SSSR count). The van der Waals surface area contributed by atoms with E-state index in [0.29, 0.717) is 12.4 Å². The Hall–Kier alpha value is -1.63. The van der Waals surface area contributed by atoms with Crippen LogP contribution < -0.4 is 10.6 Å². The second-order valence-corrected chi connectivity index (χ2v) is 4.19. The van der Waals surface area contributed by atoms with Crippen molar-refractivity contribution in [1.82, 2.24) is 20.0 Å². The third-order valence-electron chi connectivity index (χ3n) is 1.80. The van der Waals surface area contributed by atoms with Crippen molar-refractivity contribution in [3.63, 3.8) is 0 Å². The third-order valence-corrected chi connectivity index (χ3v) is 2.86. The predicted molar refractivity (Wildman–Crippen MR) is 60.0 cm³/mol. The molecule has 0 atom stereocenters. The van der Waals surface area contributed by atoms with E-state index in [1.54, 1.807) is 22.2 Å². The van der Waals surface area contributed by atoms with Gasteiger partial charge in [0.05, 0.1) is 18.4 Å². The molecule has 0 spiro atoms. The van der Waals surface area contributed by atoms with Crippen LogP contribution in [0.5, 0.6) is 0 Å². The summed E-state index contributed by atoms with van der Waals surface area (Å²) in [5, 5.41) is 10.6. The van der Waals surface area contributed by atoms with Gasteiger partial charge in [-0.1, -0.05) is 5.21 Å². The number of rotatable bonds is 3. The van der Waals surface area contributed by atoms with Gasteiger partial charge in [0.25, 0.3) is 0 Å². The van der Waals surface area contributed by atoms with Gasteiger partial charge in [-0.15, -0.1) is 16.4 Å². The minimum Gasteiger partial charge on any atom is -0.381 e. The van der Waals surface area contributed by atoms with E-state index in [2.05, 4.69) is 15.3 Å². The summed E-state index contributed by atoms with van der Waals surface area (Å²) in [5.41, 5.74) is 6.43. The van der Waals surface area contributed by atoms with Gasteiger partial charge < -0.3 is 10.6 Å². The molecular formula is C8H12N6S. The Bertz CT molecular complexity index is 445. The first-order valence-electron chi connectivity index (χ1n) is 4.42. The van der Waals surface area contributed by atoms with Crippen LogP contribution in [-0.4, -0.2) is 34.1 Å². The van der Waals surface area contributed by atoms with Crippen LogP contribution in [0, 0.1) is 0 Å². The van der Waals surface area contributed by atoms with Crippen molar-refractivity contribution in [2.75, 3.05) is 24.7 Å². The minimum atomic E-state index is 0.429. The number of nitrogens with two attached hydrogens (primary N) is 1. The van der Waals surface area contributed by atoms with E-state index in [9.17, 15) is 0 Å². The maximum Gasteiger partial charge on any atom is 0.185 e. The Kier molecular flexibility index (Phi) is 2.55. The lowest BCUT2D eigenvalue weighted by Gasteiger charge is -2.05. The van der Waals surface area contributed by atoms with Crippen molar-refractivity contribution >= 4 is 22.3 Å². The highest BCUT2D eigenvalue weighted by Gasteiger charge is 2.05. The number of thiazole rings is 1. The fourth-order valence-corrected chi connectivity index (χ4v) is 1.88. The summed E-state index contributed by atoms with van der Waals surface area (Å²) in [6.07, 6.45) is 1.69. The van der Waals surface area contributed by atoms with Crippen LogP contribution in [0.3, 0.4) is 0 Å². The van der Waals surface area contributed by atoms with Crippen LogP contribution in [0.1, 0.15) is 5.69 Å². The molecular weight excluding hydrogens is 212 g/mol. The van der Waals surface area contributed by atoms with Gasteiger partial charge in [-0.05, 0) is 0 Å². The maximum atomic E-state index is 5.47. The van der Waals surface area contributed by atoms with Crippen LogP contribution in [0.15, 0.2) is 11.6 Å². The summed E-state index contributed by atoms with van der Waals surface area (Å²) in [6.45, 7) is 0.606. The Morgan fingerprint density at radius 3 is 2.87 bits per heavy atom. The van der Waals surface area contributed by atoms with Crippen LogP contribution in [0.4, 0.5) is 10.9 Å². The molecule has 0 bridgehead atoms. The highest BCUT2D eigenvalue weighted by molar-refractivity contribution is 7.13. The smallest absolute Gasteiger partial charge is 0.185 e. The van der Waals surface area contributed by atoms with Crippen molar-refractivity contribution in [3.05, 3.63) is 17.3 Å². The van der Waals surface area contributed by atoms with Gasteiger partial charge in [0.2, 0.25) is 0 Å². The van der Waals surface area contributed by atoms with E-state index in [1.807, 2.05) is 24.4 Å². The zero-order chi connectivity index (χ0) is 10.8. The SMILES string of the molecule is CN(C)c1nc(Cn2cc(N)nn2)cs1. The van der Waals surface area contributed by atoms with E-state index < -0.39 is 0 Å². The molecule has 15 heavy (non-hydrogen) atoms. The van der Waals surface area contributed by atoms with E-state index in [4.69, 9.17) is 5.73 Å². The van der Waals surface area contributed by atoms with Crippen molar-refractivity contribution in [2.45, 2.75) is 6.54 Å². The molecule has 0 aliphatic carbocycles. The van der Waals surface area contributed by atoms with Crippen LogP contribution in [-0.2, 0) is 6.54 Å². The summed E-state index contributed by atoms with van der Waals surface area (Å²) in [4.78, 5) is 6.41. The monoisotopic (exact) mass is 224 g/mol. The van der Waals surface area contributed by atoms with E-state index in [-0.39, 0.29) is 0 Å². The predicted octanol–water partition coefficient (Wildman–Crippen LogP) is 0.431. The number of nitrogens with zero attached hydrogens (tertiary/aromatic N) is 5. The van der Waals surface area contributed by atoms with E-state index in [1.165, 1.54) is 0 Å². The molecule has 0 aromatic carbocycles. The molecule has 6 nitrogen and oxygen atoms in total. The van der Waals surface area contributed by atoms with Gasteiger partial charge in [-0.25, -0.2) is 9.67 Å². The molecule has 0 radical (unpaired) electrons. The summed E-state index contributed by atoms with van der Waals surface area (Å²) in [7, 11) is 3.94. The molecule has 2 heterocycles. The summed E-state index contributed by atoms with van der Waals surface area (Å²) >= 11 is 1.61. The molecule has 7 heteroatoms. The van der Waals surface area contributed by atoms with Gasteiger partial charge in [-0.3, -0.25) is 0 Å². The Balaban J connectivity index is 2.11. The number of hydrogen-bond donors (Lipinski definition) is 1. The normalized spacial score (nSPS) is 10.5. The molecule has 80 valence electrons. The Labute approximate surface area is 91.3 Å². The highest BCUT2D eigenvalue weighted by atomic mass is 32.1. The van der Waals surface area contributed by atoms with Gasteiger partial charge in [-0.2, -0.15) is 0 Å². The molecule has 0 amide bonds. The number of anilines is 2. The quantitative estimate of drug-likeness (QED) is 0.818. The van der Waals surface area contributed by atoms with Gasteiger partial charge in [0.1, 0.15) is 0 Å². The largest absolute Gasteiger partial charge is 0.381 e. The molecule has 0 saturated carbocycles. The zero-order valence-corrected chi connectivity index (χ0v) is 9.40. The van der Waals surface area contributed by atoms with Crippen molar-refractivity contribution in [1.29, 1.82) is 0 Å². The molecule has 2 aromatic rings. The number of hydrogen-bond acceptors (Lipinski definition) is 6. The average molecular weight is 224 g/mol. The lowest BCUT2D eigenvalue weighted by molar-refractivity contribution is 0.641. The second kappa shape index (κ2) is 3.85. The molecule has 0 saturated heterocycles. The summed E-state index contributed by atoms with van der Waals surface area (Å²) < 4.78 is 1.67. The first kappa shape index (κ1) is 9.91. The van der Waals surface area contributed by atoms with E-state index >= 15 is 0 Å². The fraction of sp³-hybridized carbons (Fsp3) is 0.375. The van der Waals surface area contributed by atoms with Gasteiger partial charge in [0.15, 0.2) is 10.9 Å². The van der Waals surface area contributed by atoms with Gasteiger partial charge in [0, 0.05) is 19.5 Å². The standard InChI is InChI=1S/C8H12N6S/c1-13(2)8-10-6(5-15-8)3-14-4-7(9)11-12-14/h4-5H,3,9H2,1-2H3. The van der Waals surface area contributed by atoms with Gasteiger partial charge >= 0.3 is 0 Å². The first-order valence-corrected chi connectivity index (χ1v) is 5.30. The number of aromatic nitrogens is 4. The fourth-order valence-electron chi connectivity index (χ4n) is 1.13. The molecule has 0 aliphatic heterocycles. The molecule has 2 N–H and O–H groups in total. The first-order chi connectivity index (χ1) is 7.15. The molecule has 0 aliphatic rings. The van der Waals surface area contributed by atoms with Crippen molar-refractivity contribution in [2.24, 2.45) is 0 Å². The third kappa shape index (κ3) is 2.24. The molecule has 0 fully saturated rings. The van der Waals surface area contributed by atoms with E-state index in [0.717, 1.165) is 10.8 Å². The minimum absolute atomic E-state index is 0.429. The molecule has 2 aromatic heterocycles. The zero-order valence-electron chi connectivity index (χ0n) is 8.58. The Morgan fingerprint density at radius 2 is 2.33 bits per heavy atom. The maximum absolute atomic E-state index is 5.47. The summed E-state index contributed by atoms with van der Waals surface area (Å²) in [6, 6.07) is 0. The van der Waals surface area contributed by atoms with Crippen LogP contribution >= 0.6 is 11.3 Å². The number of nitrogen functional groups attached to an aromatic ring is 1. The average Bonchev–Trinajstić information content (AvgIpc) is 2.76. The van der Waals surface area contributed by atoms with Crippen molar-refractivity contribution in [3.8, 4) is 0 Å². The van der Waals surface area contributed by atoms with Crippen LogP contribution in [0.2, 0.25) is 0 Å².